The van der Waals surface area contributed by atoms with Gasteiger partial charge in [0.1, 0.15) is 0 Å². The molecular formula is C24H25NO2. The summed E-state index contributed by atoms with van der Waals surface area (Å²) in [6.45, 7) is 0.254. The van der Waals surface area contributed by atoms with Gasteiger partial charge in [0.2, 0.25) is 5.91 Å². The summed E-state index contributed by atoms with van der Waals surface area (Å²) in [6.07, 6.45) is 0.289. The van der Waals surface area contributed by atoms with Gasteiger partial charge in [0.25, 0.3) is 0 Å². The van der Waals surface area contributed by atoms with E-state index in [0.717, 1.165) is 16.7 Å². The van der Waals surface area contributed by atoms with E-state index in [1.165, 1.54) is 0 Å². The quantitative estimate of drug-likeness (QED) is 0.640. The summed E-state index contributed by atoms with van der Waals surface area (Å²) in [5, 5.41) is 13.1. The highest BCUT2D eigenvalue weighted by atomic mass is 16.3. The molecule has 0 aliphatic heterocycles. The van der Waals surface area contributed by atoms with Crippen LogP contribution in [0.3, 0.4) is 0 Å². The van der Waals surface area contributed by atoms with Crippen molar-refractivity contribution in [2.24, 2.45) is 0 Å². The van der Waals surface area contributed by atoms with Gasteiger partial charge in [-0.1, -0.05) is 91.0 Å². The summed E-state index contributed by atoms with van der Waals surface area (Å²) in [6, 6.07) is 29.9. The number of amides is 1. The lowest BCUT2D eigenvalue weighted by Crippen LogP contribution is -2.34. The van der Waals surface area contributed by atoms with Gasteiger partial charge in [-0.15, -0.1) is 0 Å². The predicted octanol–water partition coefficient (Wildman–Crippen LogP) is 3.93. The summed E-state index contributed by atoms with van der Waals surface area (Å²) in [7, 11) is 0. The third-order valence-electron chi connectivity index (χ3n) is 4.64. The molecule has 0 fully saturated rings. The standard InChI is InChI=1S/C24H25NO2/c26-22(16-19-10-4-1-5-11-19)18-25-24(27)17-23(20-12-6-2-7-13-20)21-14-8-3-9-15-21/h1-15,22-23,26H,16-18H2,(H,25,27)/t22-/m1/s1. The molecule has 0 aliphatic rings. The van der Waals surface area contributed by atoms with Gasteiger partial charge in [0.15, 0.2) is 0 Å². The van der Waals surface area contributed by atoms with Crippen LogP contribution < -0.4 is 5.32 Å². The van der Waals surface area contributed by atoms with E-state index < -0.39 is 6.10 Å². The number of aliphatic hydroxyl groups is 1. The van der Waals surface area contributed by atoms with Crippen LogP contribution in [0.4, 0.5) is 0 Å². The van der Waals surface area contributed by atoms with Crippen LogP contribution in [0.25, 0.3) is 0 Å². The normalized spacial score (nSPS) is 11.9. The second-order valence-electron chi connectivity index (χ2n) is 6.73. The van der Waals surface area contributed by atoms with Gasteiger partial charge in [-0.05, 0) is 16.7 Å². The molecule has 0 aliphatic carbocycles. The number of aliphatic hydroxyl groups excluding tert-OH is 1. The van der Waals surface area contributed by atoms with Crippen molar-refractivity contribution in [2.45, 2.75) is 24.9 Å². The fraction of sp³-hybridized carbons (Fsp3) is 0.208. The molecule has 3 rings (SSSR count). The van der Waals surface area contributed by atoms with Crippen molar-refractivity contribution in [3.63, 3.8) is 0 Å². The molecule has 0 radical (unpaired) electrons. The molecule has 3 aromatic carbocycles. The smallest absolute Gasteiger partial charge is 0.221 e. The molecule has 0 heterocycles. The molecule has 3 nitrogen and oxygen atoms in total. The van der Waals surface area contributed by atoms with Gasteiger partial charge < -0.3 is 10.4 Å². The molecule has 0 bridgehead atoms. The topological polar surface area (TPSA) is 49.3 Å². The van der Waals surface area contributed by atoms with E-state index >= 15 is 0 Å². The van der Waals surface area contributed by atoms with E-state index in [1.54, 1.807) is 0 Å². The van der Waals surface area contributed by atoms with Crippen molar-refractivity contribution >= 4 is 5.91 Å². The van der Waals surface area contributed by atoms with Gasteiger partial charge in [-0.3, -0.25) is 4.79 Å². The van der Waals surface area contributed by atoms with Gasteiger partial charge in [-0.25, -0.2) is 0 Å². The molecule has 1 amide bonds. The van der Waals surface area contributed by atoms with Crippen molar-refractivity contribution in [1.82, 2.24) is 5.32 Å². The number of hydrogen-bond donors (Lipinski definition) is 2. The van der Waals surface area contributed by atoms with Crippen LogP contribution in [0.2, 0.25) is 0 Å². The molecule has 2 N–H and O–H groups in total. The first-order chi connectivity index (χ1) is 13.2. The number of carbonyl (C=O) groups is 1. The van der Waals surface area contributed by atoms with Gasteiger partial charge in [-0.2, -0.15) is 0 Å². The maximum atomic E-state index is 12.5. The van der Waals surface area contributed by atoms with Crippen molar-refractivity contribution in [3.8, 4) is 0 Å². The first kappa shape index (κ1) is 18.9. The second kappa shape index (κ2) is 9.70. The molecule has 0 saturated heterocycles. The van der Waals surface area contributed by atoms with Crippen LogP contribution in [-0.4, -0.2) is 23.7 Å². The highest BCUT2D eigenvalue weighted by Gasteiger charge is 2.18. The van der Waals surface area contributed by atoms with E-state index in [4.69, 9.17) is 0 Å². The Morgan fingerprint density at radius 1 is 0.778 bits per heavy atom. The monoisotopic (exact) mass is 359 g/mol. The minimum absolute atomic E-state index is 0.00124. The number of benzene rings is 3. The van der Waals surface area contributed by atoms with Crippen LogP contribution in [0.5, 0.6) is 0 Å². The minimum atomic E-state index is -0.594. The maximum absolute atomic E-state index is 12.5. The van der Waals surface area contributed by atoms with E-state index in [2.05, 4.69) is 29.6 Å². The lowest BCUT2D eigenvalue weighted by Gasteiger charge is -2.19. The second-order valence-corrected chi connectivity index (χ2v) is 6.73. The molecule has 138 valence electrons. The molecule has 3 aromatic rings. The third-order valence-corrected chi connectivity index (χ3v) is 4.64. The first-order valence-electron chi connectivity index (χ1n) is 9.31. The zero-order chi connectivity index (χ0) is 18.9. The fourth-order valence-electron chi connectivity index (χ4n) is 3.25. The Bertz CT molecular complexity index is 779. The SMILES string of the molecule is O=C(CC(c1ccccc1)c1ccccc1)NC[C@H](O)Cc1ccccc1. The number of nitrogens with one attached hydrogen (secondary N) is 1. The van der Waals surface area contributed by atoms with Crippen molar-refractivity contribution < 1.29 is 9.90 Å². The van der Waals surface area contributed by atoms with Crippen LogP contribution in [0.15, 0.2) is 91.0 Å². The summed E-state index contributed by atoms with van der Waals surface area (Å²) in [5.74, 6) is -0.0570. The van der Waals surface area contributed by atoms with Crippen LogP contribution in [-0.2, 0) is 11.2 Å². The Morgan fingerprint density at radius 3 is 1.78 bits per heavy atom. The third kappa shape index (κ3) is 5.80. The van der Waals surface area contributed by atoms with E-state index in [9.17, 15) is 9.90 Å². The van der Waals surface area contributed by atoms with Gasteiger partial charge in [0, 0.05) is 25.3 Å². The van der Waals surface area contributed by atoms with Crippen LogP contribution >= 0.6 is 0 Å². The summed E-state index contributed by atoms with van der Waals surface area (Å²) < 4.78 is 0. The van der Waals surface area contributed by atoms with Crippen LogP contribution in [0.1, 0.15) is 29.0 Å². The Balaban J connectivity index is 1.60. The Kier molecular flexibility index (Phi) is 6.78. The largest absolute Gasteiger partial charge is 0.391 e. The average molecular weight is 359 g/mol. The van der Waals surface area contributed by atoms with Gasteiger partial charge >= 0.3 is 0 Å². The van der Waals surface area contributed by atoms with Crippen LogP contribution in [0, 0.1) is 0 Å². The fourth-order valence-corrected chi connectivity index (χ4v) is 3.25. The highest BCUT2D eigenvalue weighted by Crippen LogP contribution is 2.27. The number of rotatable bonds is 8. The zero-order valence-corrected chi connectivity index (χ0v) is 15.3. The first-order valence-corrected chi connectivity index (χ1v) is 9.31. The molecule has 3 heteroatoms. The molecule has 0 saturated carbocycles. The summed E-state index contributed by atoms with van der Waals surface area (Å²) in [4.78, 5) is 12.5. The summed E-state index contributed by atoms with van der Waals surface area (Å²) in [5.41, 5.74) is 3.29. The van der Waals surface area contributed by atoms with Crippen molar-refractivity contribution in [2.75, 3.05) is 6.54 Å². The average Bonchev–Trinajstić information content (AvgIpc) is 2.72. The van der Waals surface area contributed by atoms with Crippen molar-refractivity contribution in [1.29, 1.82) is 0 Å². The maximum Gasteiger partial charge on any atom is 0.221 e. The Hall–Kier alpha value is -2.91. The number of carbonyl (C=O) groups excluding carboxylic acids is 1. The zero-order valence-electron chi connectivity index (χ0n) is 15.3. The van der Waals surface area contributed by atoms with Gasteiger partial charge in [0.05, 0.1) is 6.10 Å². The minimum Gasteiger partial charge on any atom is -0.391 e. The Morgan fingerprint density at radius 2 is 1.26 bits per heavy atom. The lowest BCUT2D eigenvalue weighted by molar-refractivity contribution is -0.121. The molecule has 27 heavy (non-hydrogen) atoms. The van der Waals surface area contributed by atoms with E-state index in [1.807, 2.05) is 66.7 Å². The molecule has 1 atom stereocenters. The van der Waals surface area contributed by atoms with E-state index in [-0.39, 0.29) is 18.4 Å². The molecule has 0 unspecified atom stereocenters. The highest BCUT2D eigenvalue weighted by molar-refractivity contribution is 5.77. The molecule has 0 spiro atoms. The molecule has 0 aromatic heterocycles. The number of hydrogen-bond acceptors (Lipinski definition) is 2. The predicted molar refractivity (Wildman–Crippen MR) is 109 cm³/mol. The van der Waals surface area contributed by atoms with E-state index in [0.29, 0.717) is 12.8 Å². The van der Waals surface area contributed by atoms with Crippen molar-refractivity contribution in [3.05, 3.63) is 108 Å². The summed E-state index contributed by atoms with van der Waals surface area (Å²) >= 11 is 0. The Labute approximate surface area is 160 Å². The lowest BCUT2D eigenvalue weighted by atomic mass is 9.88. The molecular weight excluding hydrogens is 334 g/mol.